The maximum atomic E-state index is 12.7. The molecular weight excluding hydrogens is 570 g/mol. The lowest BCUT2D eigenvalue weighted by molar-refractivity contribution is -0.359. The quantitative estimate of drug-likeness (QED) is 0.0726. The fourth-order valence-corrected chi connectivity index (χ4v) is 5.29. The largest absolute Gasteiger partial charge is 0.394 e. The molecule has 2 aliphatic heterocycles. The van der Waals surface area contributed by atoms with E-state index in [2.05, 4.69) is 12.2 Å². The SMILES string of the molecule is CCCCCCCCC(=O)NC(COC1OC(CO)C(OC2OC(CO)C(O)C(O)C2O)C(O)C1O)C(O)CCCCC. The van der Waals surface area contributed by atoms with Crippen molar-refractivity contribution in [2.45, 2.75) is 158 Å². The number of carbonyl (C=O) groups excluding carboxylic acids is 1. The Bertz CT molecular complexity index is 760. The Morgan fingerprint density at radius 3 is 1.98 bits per heavy atom. The molecule has 0 bridgehead atoms. The molecule has 254 valence electrons. The maximum absolute atomic E-state index is 12.7. The van der Waals surface area contributed by atoms with E-state index in [0.717, 1.165) is 57.8 Å². The van der Waals surface area contributed by atoms with Crippen molar-refractivity contribution in [1.29, 1.82) is 0 Å². The fraction of sp³-hybridized carbons (Fsp3) is 0.966. The van der Waals surface area contributed by atoms with E-state index in [1.54, 1.807) is 0 Å². The zero-order valence-corrected chi connectivity index (χ0v) is 25.4. The van der Waals surface area contributed by atoms with Gasteiger partial charge < -0.3 is 65.1 Å². The van der Waals surface area contributed by atoms with Crippen molar-refractivity contribution < 1.29 is 64.6 Å². The summed E-state index contributed by atoms with van der Waals surface area (Å²) in [5.41, 5.74) is 0. The molecule has 0 aromatic rings. The fourth-order valence-electron chi connectivity index (χ4n) is 5.29. The molecule has 14 nitrogen and oxygen atoms in total. The Balaban J connectivity index is 2.00. The first-order valence-electron chi connectivity index (χ1n) is 15.8. The number of aliphatic hydroxyl groups excluding tert-OH is 8. The second kappa shape index (κ2) is 20.2. The lowest BCUT2D eigenvalue weighted by atomic mass is 9.97. The van der Waals surface area contributed by atoms with Gasteiger partial charge in [-0.05, 0) is 12.8 Å². The number of aliphatic hydroxyl groups is 8. The van der Waals surface area contributed by atoms with Crippen LogP contribution in [-0.2, 0) is 23.7 Å². The number of unbranched alkanes of at least 4 members (excludes halogenated alkanes) is 7. The molecule has 43 heavy (non-hydrogen) atoms. The molecule has 0 aromatic carbocycles. The molecule has 0 aromatic heterocycles. The highest BCUT2D eigenvalue weighted by molar-refractivity contribution is 5.76. The molecule has 0 saturated carbocycles. The molecule has 2 aliphatic rings. The van der Waals surface area contributed by atoms with Gasteiger partial charge >= 0.3 is 0 Å². The van der Waals surface area contributed by atoms with Gasteiger partial charge in [0.2, 0.25) is 5.91 Å². The molecule has 0 spiro atoms. The minimum atomic E-state index is -1.77. The molecule has 2 saturated heterocycles. The van der Waals surface area contributed by atoms with Crippen LogP contribution < -0.4 is 5.32 Å². The zero-order valence-electron chi connectivity index (χ0n) is 25.4. The van der Waals surface area contributed by atoms with E-state index in [1.807, 2.05) is 6.92 Å². The van der Waals surface area contributed by atoms with Crippen LogP contribution in [0.3, 0.4) is 0 Å². The van der Waals surface area contributed by atoms with Gasteiger partial charge in [-0.3, -0.25) is 4.79 Å². The number of hydrogen-bond donors (Lipinski definition) is 9. The number of nitrogens with one attached hydrogen (secondary N) is 1. The van der Waals surface area contributed by atoms with Crippen LogP contribution in [0, 0.1) is 0 Å². The average Bonchev–Trinajstić information content (AvgIpc) is 3.00. The summed E-state index contributed by atoms with van der Waals surface area (Å²) in [6, 6.07) is -0.812. The van der Waals surface area contributed by atoms with Crippen LogP contribution in [0.4, 0.5) is 0 Å². The number of rotatable bonds is 20. The Hall–Kier alpha value is -1.01. The second-order valence-electron chi connectivity index (χ2n) is 11.6. The van der Waals surface area contributed by atoms with Gasteiger partial charge in [0.1, 0.15) is 48.8 Å². The van der Waals surface area contributed by atoms with Crippen LogP contribution in [0.5, 0.6) is 0 Å². The van der Waals surface area contributed by atoms with Crippen LogP contribution in [0.2, 0.25) is 0 Å². The summed E-state index contributed by atoms with van der Waals surface area (Å²) in [5, 5.41) is 84.9. The first-order chi connectivity index (χ1) is 20.6. The lowest BCUT2D eigenvalue weighted by Crippen LogP contribution is -2.65. The number of carbonyl (C=O) groups is 1. The predicted octanol–water partition coefficient (Wildman–Crippen LogP) is -1.20. The molecule has 0 aliphatic carbocycles. The molecular formula is C29H55NO13. The Labute approximate surface area is 253 Å². The third kappa shape index (κ3) is 11.7. The molecule has 1 amide bonds. The van der Waals surface area contributed by atoms with Crippen molar-refractivity contribution in [1.82, 2.24) is 5.32 Å². The summed E-state index contributed by atoms with van der Waals surface area (Å²) in [4.78, 5) is 12.7. The molecule has 2 rings (SSSR count). The van der Waals surface area contributed by atoms with Crippen LogP contribution in [0.25, 0.3) is 0 Å². The molecule has 9 N–H and O–H groups in total. The normalized spacial score (nSPS) is 34.6. The van der Waals surface area contributed by atoms with Crippen LogP contribution in [0.1, 0.15) is 84.5 Å². The van der Waals surface area contributed by atoms with Crippen LogP contribution in [0.15, 0.2) is 0 Å². The molecule has 2 fully saturated rings. The standard InChI is InChI=1S/C29H55NO13/c1-3-5-7-8-9-11-13-21(34)30-17(18(33)12-10-6-4-2)16-40-28-26(39)24(37)27(20(15-32)42-28)43-29-25(38)23(36)22(35)19(14-31)41-29/h17-20,22-29,31-33,35-39H,3-16H2,1-2H3,(H,30,34). The van der Waals surface area contributed by atoms with E-state index < -0.39 is 86.8 Å². The van der Waals surface area contributed by atoms with E-state index in [4.69, 9.17) is 18.9 Å². The highest BCUT2D eigenvalue weighted by Crippen LogP contribution is 2.29. The number of amides is 1. The van der Waals surface area contributed by atoms with E-state index >= 15 is 0 Å². The first kappa shape index (κ1) is 38.2. The molecule has 0 radical (unpaired) electrons. The Morgan fingerprint density at radius 2 is 1.33 bits per heavy atom. The van der Waals surface area contributed by atoms with Gasteiger partial charge in [0.15, 0.2) is 12.6 Å². The van der Waals surface area contributed by atoms with E-state index in [0.29, 0.717) is 12.8 Å². The second-order valence-corrected chi connectivity index (χ2v) is 11.6. The predicted molar refractivity (Wildman–Crippen MR) is 152 cm³/mol. The number of ether oxygens (including phenoxy) is 4. The monoisotopic (exact) mass is 625 g/mol. The Kier molecular flexibility index (Phi) is 17.9. The topological polar surface area (TPSA) is 228 Å². The van der Waals surface area contributed by atoms with Crippen molar-refractivity contribution in [2.75, 3.05) is 19.8 Å². The Morgan fingerprint density at radius 1 is 0.744 bits per heavy atom. The van der Waals surface area contributed by atoms with E-state index in [1.165, 1.54) is 0 Å². The maximum Gasteiger partial charge on any atom is 0.220 e. The highest BCUT2D eigenvalue weighted by Gasteiger charge is 2.50. The summed E-state index contributed by atoms with van der Waals surface area (Å²) >= 11 is 0. The van der Waals surface area contributed by atoms with E-state index in [9.17, 15) is 45.6 Å². The highest BCUT2D eigenvalue weighted by atomic mass is 16.7. The summed E-state index contributed by atoms with van der Waals surface area (Å²) in [7, 11) is 0. The van der Waals surface area contributed by atoms with Gasteiger partial charge in [-0.25, -0.2) is 0 Å². The lowest BCUT2D eigenvalue weighted by Gasteiger charge is -2.46. The molecule has 2 heterocycles. The minimum Gasteiger partial charge on any atom is -0.394 e. The average molecular weight is 626 g/mol. The van der Waals surface area contributed by atoms with Crippen molar-refractivity contribution in [2.24, 2.45) is 0 Å². The first-order valence-corrected chi connectivity index (χ1v) is 15.8. The van der Waals surface area contributed by atoms with Crippen LogP contribution in [-0.4, -0.2) is 140 Å². The smallest absolute Gasteiger partial charge is 0.220 e. The van der Waals surface area contributed by atoms with Crippen LogP contribution >= 0.6 is 0 Å². The summed E-state index contributed by atoms with van der Waals surface area (Å²) in [6.45, 7) is 2.52. The third-order valence-electron chi connectivity index (χ3n) is 8.07. The number of hydrogen-bond acceptors (Lipinski definition) is 13. The van der Waals surface area contributed by atoms with Crippen molar-refractivity contribution >= 4 is 5.91 Å². The summed E-state index contributed by atoms with van der Waals surface area (Å²) < 4.78 is 22.3. The van der Waals surface area contributed by atoms with Gasteiger partial charge in [0, 0.05) is 6.42 Å². The molecule has 14 heteroatoms. The van der Waals surface area contributed by atoms with Gasteiger partial charge in [-0.2, -0.15) is 0 Å². The minimum absolute atomic E-state index is 0.231. The van der Waals surface area contributed by atoms with Crippen molar-refractivity contribution in [3.05, 3.63) is 0 Å². The van der Waals surface area contributed by atoms with Gasteiger partial charge in [-0.1, -0.05) is 65.2 Å². The third-order valence-corrected chi connectivity index (χ3v) is 8.07. The van der Waals surface area contributed by atoms with Crippen molar-refractivity contribution in [3.63, 3.8) is 0 Å². The summed E-state index contributed by atoms with van der Waals surface area (Å²) in [6.07, 6.45) is -7.16. The van der Waals surface area contributed by atoms with Gasteiger partial charge in [-0.15, -0.1) is 0 Å². The summed E-state index contributed by atoms with van der Waals surface area (Å²) in [5.74, 6) is -0.231. The zero-order chi connectivity index (χ0) is 31.9. The van der Waals surface area contributed by atoms with E-state index in [-0.39, 0.29) is 12.5 Å². The molecule has 12 atom stereocenters. The van der Waals surface area contributed by atoms with Gasteiger partial charge in [0.25, 0.3) is 0 Å². The van der Waals surface area contributed by atoms with Gasteiger partial charge in [0.05, 0.1) is 32.0 Å². The molecule has 12 unspecified atom stereocenters. The van der Waals surface area contributed by atoms with Crippen molar-refractivity contribution in [3.8, 4) is 0 Å².